The number of amides is 1. The van der Waals surface area contributed by atoms with Gasteiger partial charge >= 0.3 is 6.61 Å². The number of rotatable bonds is 9. The predicted octanol–water partition coefficient (Wildman–Crippen LogP) is 2.92. The Labute approximate surface area is 169 Å². The molecule has 0 atom stereocenters. The van der Waals surface area contributed by atoms with Gasteiger partial charge < -0.3 is 14.8 Å². The van der Waals surface area contributed by atoms with Crippen LogP contribution in [0.2, 0.25) is 0 Å². The zero-order valence-electron chi connectivity index (χ0n) is 16.1. The normalized spacial score (nSPS) is 15.3. The number of para-hydroxylation sites is 3. The van der Waals surface area contributed by atoms with E-state index in [0.717, 1.165) is 38.5 Å². The molecule has 2 aromatic carbocycles. The third-order valence-electron chi connectivity index (χ3n) is 4.63. The Morgan fingerprint density at radius 2 is 1.62 bits per heavy atom. The molecule has 0 spiro atoms. The quantitative estimate of drug-likeness (QED) is 0.695. The van der Waals surface area contributed by atoms with Crippen LogP contribution < -0.4 is 14.8 Å². The Kier molecular flexibility index (Phi) is 7.77. The number of benzene rings is 2. The lowest BCUT2D eigenvalue weighted by molar-refractivity contribution is -0.117. The van der Waals surface area contributed by atoms with Gasteiger partial charge in [0.15, 0.2) is 0 Å². The molecule has 0 radical (unpaired) electrons. The Morgan fingerprint density at radius 3 is 2.34 bits per heavy atom. The summed E-state index contributed by atoms with van der Waals surface area (Å²) >= 11 is 0. The summed E-state index contributed by atoms with van der Waals surface area (Å²) in [4.78, 5) is 16.6. The van der Waals surface area contributed by atoms with E-state index < -0.39 is 6.61 Å². The number of nitrogens with zero attached hydrogens (tertiary/aromatic N) is 2. The van der Waals surface area contributed by atoms with Crippen molar-refractivity contribution in [1.82, 2.24) is 9.80 Å². The van der Waals surface area contributed by atoms with E-state index in [2.05, 4.69) is 15.0 Å². The second-order valence-electron chi connectivity index (χ2n) is 6.70. The Bertz CT molecular complexity index is 769. The number of halogens is 2. The van der Waals surface area contributed by atoms with Gasteiger partial charge in [-0.15, -0.1) is 0 Å². The first-order chi connectivity index (χ1) is 14.1. The molecule has 8 heteroatoms. The summed E-state index contributed by atoms with van der Waals surface area (Å²) in [6.45, 7) is 1.91. The van der Waals surface area contributed by atoms with Crippen molar-refractivity contribution in [2.45, 2.75) is 6.61 Å². The molecule has 2 aromatic rings. The fourth-order valence-corrected chi connectivity index (χ4v) is 3.14. The lowest BCUT2D eigenvalue weighted by atomic mass is 10.2. The van der Waals surface area contributed by atoms with Crippen molar-refractivity contribution in [1.29, 1.82) is 0 Å². The largest absolute Gasteiger partial charge is 0.492 e. The summed E-state index contributed by atoms with van der Waals surface area (Å²) in [5.41, 5.74) is 0.245. The summed E-state index contributed by atoms with van der Waals surface area (Å²) in [5.74, 6) is 0.564. The second kappa shape index (κ2) is 10.7. The smallest absolute Gasteiger partial charge is 0.387 e. The molecule has 29 heavy (non-hydrogen) atoms. The van der Waals surface area contributed by atoms with Crippen LogP contribution in [0.4, 0.5) is 14.5 Å². The number of nitrogens with one attached hydrogen (secondary N) is 1. The van der Waals surface area contributed by atoms with Crippen LogP contribution in [0, 0.1) is 0 Å². The third-order valence-corrected chi connectivity index (χ3v) is 4.63. The van der Waals surface area contributed by atoms with Gasteiger partial charge in [0, 0.05) is 32.7 Å². The fraction of sp³-hybridized carbons (Fsp3) is 0.381. The van der Waals surface area contributed by atoms with E-state index in [-0.39, 0.29) is 23.9 Å². The molecule has 1 N–H and O–H groups in total. The highest BCUT2D eigenvalue weighted by atomic mass is 19.3. The van der Waals surface area contributed by atoms with Crippen LogP contribution in [-0.2, 0) is 4.79 Å². The summed E-state index contributed by atoms with van der Waals surface area (Å²) in [6.07, 6.45) is 0. The van der Waals surface area contributed by atoms with Gasteiger partial charge in [-0.3, -0.25) is 14.6 Å². The van der Waals surface area contributed by atoms with Crippen molar-refractivity contribution in [3.63, 3.8) is 0 Å². The summed E-state index contributed by atoms with van der Waals surface area (Å²) in [7, 11) is 0. The highest BCUT2D eigenvalue weighted by Crippen LogP contribution is 2.25. The van der Waals surface area contributed by atoms with Crippen LogP contribution in [0.3, 0.4) is 0 Å². The van der Waals surface area contributed by atoms with Gasteiger partial charge in [-0.05, 0) is 24.3 Å². The van der Waals surface area contributed by atoms with Gasteiger partial charge in [0.05, 0.1) is 12.2 Å². The summed E-state index contributed by atoms with van der Waals surface area (Å²) in [5, 5.41) is 2.65. The molecule has 156 valence electrons. The lowest BCUT2D eigenvalue weighted by Crippen LogP contribution is -2.49. The molecule has 6 nitrogen and oxygen atoms in total. The average molecular weight is 405 g/mol. The van der Waals surface area contributed by atoms with Crippen LogP contribution in [0.1, 0.15) is 0 Å². The topological polar surface area (TPSA) is 54.0 Å². The Morgan fingerprint density at radius 1 is 0.966 bits per heavy atom. The Balaban J connectivity index is 1.37. The number of carbonyl (C=O) groups excluding carboxylic acids is 1. The van der Waals surface area contributed by atoms with Crippen molar-refractivity contribution in [2.24, 2.45) is 0 Å². The maximum absolute atomic E-state index is 12.5. The predicted molar refractivity (Wildman–Crippen MR) is 107 cm³/mol. The molecule has 1 amide bonds. The fourth-order valence-electron chi connectivity index (χ4n) is 3.14. The first-order valence-corrected chi connectivity index (χ1v) is 9.56. The molecule has 1 saturated heterocycles. The maximum Gasteiger partial charge on any atom is 0.387 e. The first kappa shape index (κ1) is 21.0. The van der Waals surface area contributed by atoms with Crippen molar-refractivity contribution < 1.29 is 23.0 Å². The number of alkyl halides is 2. The highest BCUT2D eigenvalue weighted by molar-refractivity contribution is 5.93. The number of ether oxygens (including phenoxy) is 2. The highest BCUT2D eigenvalue weighted by Gasteiger charge is 2.19. The van der Waals surface area contributed by atoms with Gasteiger partial charge in [0.25, 0.3) is 0 Å². The van der Waals surface area contributed by atoms with Crippen LogP contribution in [0.25, 0.3) is 0 Å². The second-order valence-corrected chi connectivity index (χ2v) is 6.70. The third kappa shape index (κ3) is 6.99. The van der Waals surface area contributed by atoms with E-state index in [9.17, 15) is 13.6 Å². The Hall–Kier alpha value is -2.71. The number of hydrogen-bond acceptors (Lipinski definition) is 5. The van der Waals surface area contributed by atoms with E-state index in [1.54, 1.807) is 18.2 Å². The maximum atomic E-state index is 12.5. The van der Waals surface area contributed by atoms with Crippen molar-refractivity contribution in [3.8, 4) is 11.5 Å². The monoisotopic (exact) mass is 405 g/mol. The standard InChI is InChI=1S/C21H25F2N3O3/c22-21(23)29-19-9-5-4-8-18(19)24-20(27)16-26-12-10-25(11-13-26)14-15-28-17-6-2-1-3-7-17/h1-9,21H,10-16H2,(H,24,27). The van der Waals surface area contributed by atoms with Gasteiger partial charge in [-0.25, -0.2) is 0 Å². The molecule has 1 aliphatic heterocycles. The molecule has 1 heterocycles. The minimum Gasteiger partial charge on any atom is -0.492 e. The molecule has 0 saturated carbocycles. The van der Waals surface area contributed by atoms with Gasteiger partial charge in [0.2, 0.25) is 5.91 Å². The van der Waals surface area contributed by atoms with Crippen molar-refractivity contribution in [3.05, 3.63) is 54.6 Å². The van der Waals surface area contributed by atoms with Crippen LogP contribution in [0.5, 0.6) is 11.5 Å². The molecule has 0 aromatic heterocycles. The molecule has 0 aliphatic carbocycles. The van der Waals surface area contributed by atoms with Crippen LogP contribution >= 0.6 is 0 Å². The van der Waals surface area contributed by atoms with Gasteiger partial charge in [0.1, 0.15) is 18.1 Å². The number of piperazine rings is 1. The van der Waals surface area contributed by atoms with Gasteiger partial charge in [-0.1, -0.05) is 30.3 Å². The zero-order chi connectivity index (χ0) is 20.5. The van der Waals surface area contributed by atoms with E-state index >= 15 is 0 Å². The molecule has 0 bridgehead atoms. The van der Waals surface area contributed by atoms with Gasteiger partial charge in [-0.2, -0.15) is 8.78 Å². The van der Waals surface area contributed by atoms with Crippen LogP contribution in [0.15, 0.2) is 54.6 Å². The van der Waals surface area contributed by atoms with E-state index in [1.165, 1.54) is 6.07 Å². The molecule has 0 unspecified atom stereocenters. The molecule has 3 rings (SSSR count). The van der Waals surface area contributed by atoms with E-state index in [1.807, 2.05) is 35.2 Å². The summed E-state index contributed by atoms with van der Waals surface area (Å²) < 4.78 is 35.1. The van der Waals surface area contributed by atoms with Crippen molar-refractivity contribution >= 4 is 11.6 Å². The molecule has 1 fully saturated rings. The molecular formula is C21H25F2N3O3. The summed E-state index contributed by atoms with van der Waals surface area (Å²) in [6, 6.07) is 15.9. The number of hydrogen-bond donors (Lipinski definition) is 1. The minimum atomic E-state index is -2.94. The number of carbonyl (C=O) groups is 1. The van der Waals surface area contributed by atoms with Crippen molar-refractivity contribution in [2.75, 3.05) is 51.2 Å². The first-order valence-electron chi connectivity index (χ1n) is 9.56. The molecule has 1 aliphatic rings. The SMILES string of the molecule is O=C(CN1CCN(CCOc2ccccc2)CC1)Nc1ccccc1OC(F)F. The lowest BCUT2D eigenvalue weighted by Gasteiger charge is -2.34. The minimum absolute atomic E-state index is 0.0425. The average Bonchev–Trinajstić information content (AvgIpc) is 2.71. The van der Waals surface area contributed by atoms with E-state index in [4.69, 9.17) is 4.74 Å². The molecular weight excluding hydrogens is 380 g/mol. The number of anilines is 1. The van der Waals surface area contributed by atoms with Crippen LogP contribution in [-0.4, -0.2) is 68.2 Å². The zero-order valence-corrected chi connectivity index (χ0v) is 16.1. The van der Waals surface area contributed by atoms with E-state index in [0.29, 0.717) is 6.61 Å².